The molecule has 0 aromatic heterocycles. The number of ether oxygens (including phenoxy) is 6. The number of hydrogen-bond acceptors (Lipinski definition) is 13. The molecule has 9 atom stereocenters. The van der Waals surface area contributed by atoms with Crippen molar-refractivity contribution in [2.75, 3.05) is 27.4 Å². The van der Waals surface area contributed by atoms with Gasteiger partial charge in [0.1, 0.15) is 36.3 Å². The lowest BCUT2D eigenvalue weighted by atomic mass is 9.79. The van der Waals surface area contributed by atoms with Crippen LogP contribution in [0.5, 0.6) is 11.5 Å². The number of carbonyl (C=O) groups excluding carboxylic acids is 1. The zero-order chi connectivity index (χ0) is 27.1. The lowest BCUT2D eigenvalue weighted by molar-refractivity contribution is -0.303. The number of carbonyl (C=O) groups is 1. The topological polar surface area (TPSA) is 194 Å². The molecule has 1 aliphatic carbocycles. The van der Waals surface area contributed by atoms with E-state index < -0.39 is 66.5 Å². The van der Waals surface area contributed by atoms with Gasteiger partial charge in [0.15, 0.2) is 22.9 Å². The predicted molar refractivity (Wildman–Crippen MR) is 121 cm³/mol. The van der Waals surface area contributed by atoms with Crippen LogP contribution < -0.4 is 9.47 Å². The molecule has 3 aliphatic rings. The molecular weight excluding hydrogens is 496 g/mol. The van der Waals surface area contributed by atoms with Crippen LogP contribution in [0.25, 0.3) is 0 Å². The molecular formula is C24H32O13. The zero-order valence-electron chi connectivity index (χ0n) is 20.5. The van der Waals surface area contributed by atoms with Gasteiger partial charge in [0, 0.05) is 6.42 Å². The number of aliphatic hydroxyl groups is 6. The molecule has 1 aromatic rings. The van der Waals surface area contributed by atoms with E-state index in [-0.39, 0.29) is 30.1 Å². The van der Waals surface area contributed by atoms with Crippen molar-refractivity contribution in [3.05, 3.63) is 35.8 Å². The minimum absolute atomic E-state index is 0.0906. The van der Waals surface area contributed by atoms with Crippen molar-refractivity contribution in [1.82, 2.24) is 0 Å². The number of methoxy groups -OCH3 is 2. The van der Waals surface area contributed by atoms with Gasteiger partial charge >= 0.3 is 5.97 Å². The first-order valence-electron chi connectivity index (χ1n) is 11.7. The molecule has 206 valence electrons. The van der Waals surface area contributed by atoms with Crippen LogP contribution in [0.4, 0.5) is 0 Å². The Morgan fingerprint density at radius 2 is 1.78 bits per heavy atom. The fraction of sp³-hybridized carbons (Fsp3) is 0.625. The summed E-state index contributed by atoms with van der Waals surface area (Å²) in [5.41, 5.74) is -3.80. The summed E-state index contributed by atoms with van der Waals surface area (Å²) in [6.45, 7) is 0.597. The molecule has 0 unspecified atom stereocenters. The van der Waals surface area contributed by atoms with Gasteiger partial charge in [0.25, 0.3) is 0 Å². The molecule has 2 aliphatic heterocycles. The van der Waals surface area contributed by atoms with Gasteiger partial charge in [-0.05, 0) is 25.1 Å². The maximum atomic E-state index is 13.2. The van der Waals surface area contributed by atoms with Crippen LogP contribution in [0.3, 0.4) is 0 Å². The van der Waals surface area contributed by atoms with E-state index in [0.29, 0.717) is 5.75 Å². The van der Waals surface area contributed by atoms with E-state index in [1.165, 1.54) is 39.3 Å². The van der Waals surface area contributed by atoms with Crippen molar-refractivity contribution < 1.29 is 63.9 Å². The highest BCUT2D eigenvalue weighted by atomic mass is 16.7. The molecule has 1 saturated heterocycles. The summed E-state index contributed by atoms with van der Waals surface area (Å²) in [5.74, 6) is -1.50. The third-order valence-corrected chi connectivity index (χ3v) is 7.28. The van der Waals surface area contributed by atoms with Crippen LogP contribution in [0.15, 0.2) is 30.2 Å². The second-order valence-electron chi connectivity index (χ2n) is 9.47. The van der Waals surface area contributed by atoms with Gasteiger partial charge in [-0.2, -0.15) is 0 Å². The number of benzene rings is 1. The Labute approximate surface area is 212 Å². The van der Waals surface area contributed by atoms with Gasteiger partial charge in [0.2, 0.25) is 6.29 Å². The van der Waals surface area contributed by atoms with Crippen molar-refractivity contribution in [1.29, 1.82) is 0 Å². The van der Waals surface area contributed by atoms with Gasteiger partial charge in [-0.25, -0.2) is 4.79 Å². The van der Waals surface area contributed by atoms with E-state index in [0.717, 1.165) is 6.26 Å². The molecule has 0 amide bonds. The maximum Gasteiger partial charge on any atom is 0.338 e. The molecule has 2 heterocycles. The van der Waals surface area contributed by atoms with Crippen molar-refractivity contribution in [2.45, 2.75) is 61.4 Å². The molecule has 4 rings (SSSR count). The third-order valence-electron chi connectivity index (χ3n) is 7.28. The van der Waals surface area contributed by atoms with Gasteiger partial charge in [0.05, 0.1) is 45.0 Å². The molecule has 0 spiro atoms. The number of fused-ring (bicyclic) bond motifs is 1. The summed E-state index contributed by atoms with van der Waals surface area (Å²) in [4.78, 5) is 13.2. The van der Waals surface area contributed by atoms with Crippen molar-refractivity contribution >= 4 is 5.97 Å². The standard InChI is InChI=1S/C24H32O13/c1-23(37-21(30)11-4-5-14(32-2)15(6-11)33-3)7-13(26)12-9-34-10-17(24(12,23)31)36-22-20(29)19(28)18(27)16(8-25)35-22/h4-6,10,12-13,16,18-20,22,25-29,31H,7-9H2,1-3H3/t12-,13-,16+,18-,19-,20+,22-,23+,24-/m1/s1. The van der Waals surface area contributed by atoms with E-state index in [4.69, 9.17) is 28.4 Å². The molecule has 2 fully saturated rings. The third kappa shape index (κ3) is 4.50. The van der Waals surface area contributed by atoms with Crippen LogP contribution >= 0.6 is 0 Å². The van der Waals surface area contributed by atoms with Crippen LogP contribution in [-0.2, 0) is 18.9 Å². The Balaban J connectivity index is 1.62. The smallest absolute Gasteiger partial charge is 0.338 e. The fourth-order valence-corrected chi connectivity index (χ4v) is 5.11. The van der Waals surface area contributed by atoms with Gasteiger partial charge in [-0.1, -0.05) is 0 Å². The number of aliphatic hydroxyl groups excluding tert-OH is 5. The van der Waals surface area contributed by atoms with Crippen molar-refractivity contribution in [3.8, 4) is 11.5 Å². The highest BCUT2D eigenvalue weighted by Crippen LogP contribution is 2.53. The highest BCUT2D eigenvalue weighted by molar-refractivity contribution is 5.90. The lowest BCUT2D eigenvalue weighted by Gasteiger charge is -2.46. The summed E-state index contributed by atoms with van der Waals surface area (Å²) in [6, 6.07) is 4.37. The molecule has 1 aromatic carbocycles. The van der Waals surface area contributed by atoms with Gasteiger partial charge in [-0.15, -0.1) is 0 Å². The SMILES string of the molecule is COc1ccc(C(=O)O[C@@]2(C)C[C@@H](O)[C@H]3COC=C(O[C@H]4O[C@@H](CO)[C@@H](O)[C@@H](O)[C@@H]4O)[C@]32O)cc1OC. The zero-order valence-corrected chi connectivity index (χ0v) is 20.5. The van der Waals surface area contributed by atoms with Crippen LogP contribution in [-0.4, -0.2) is 112 Å². The summed E-state index contributed by atoms with van der Waals surface area (Å²) in [5, 5.41) is 62.7. The quantitative estimate of drug-likeness (QED) is 0.222. The number of hydrogen-bond donors (Lipinski definition) is 6. The summed E-state index contributed by atoms with van der Waals surface area (Å²) >= 11 is 0. The van der Waals surface area contributed by atoms with E-state index in [2.05, 4.69) is 0 Å². The first-order valence-corrected chi connectivity index (χ1v) is 11.7. The molecule has 13 heteroatoms. The fourth-order valence-electron chi connectivity index (χ4n) is 5.11. The first-order chi connectivity index (χ1) is 17.5. The minimum atomic E-state index is -2.14. The van der Waals surface area contributed by atoms with E-state index >= 15 is 0 Å². The Bertz CT molecular complexity index is 1030. The van der Waals surface area contributed by atoms with Crippen molar-refractivity contribution in [3.63, 3.8) is 0 Å². The average Bonchev–Trinajstić information content (AvgIpc) is 3.08. The Hall–Kier alpha value is -2.65. The second kappa shape index (κ2) is 10.3. The molecule has 0 radical (unpaired) electrons. The van der Waals surface area contributed by atoms with Gasteiger partial charge in [-0.3, -0.25) is 0 Å². The molecule has 37 heavy (non-hydrogen) atoms. The van der Waals surface area contributed by atoms with E-state index in [1.807, 2.05) is 0 Å². The van der Waals surface area contributed by atoms with E-state index in [9.17, 15) is 35.4 Å². The summed E-state index contributed by atoms with van der Waals surface area (Å²) in [6.07, 6.45) is -8.34. The minimum Gasteiger partial charge on any atom is -0.497 e. The Kier molecular flexibility index (Phi) is 7.59. The van der Waals surface area contributed by atoms with Gasteiger partial charge < -0.3 is 59.1 Å². The lowest BCUT2D eigenvalue weighted by Crippen LogP contribution is -2.62. The average molecular weight is 529 g/mol. The normalized spacial score (nSPS) is 39.2. The monoisotopic (exact) mass is 528 g/mol. The van der Waals surface area contributed by atoms with Crippen molar-refractivity contribution in [2.24, 2.45) is 5.92 Å². The van der Waals surface area contributed by atoms with Crippen LogP contribution in [0.1, 0.15) is 23.7 Å². The number of rotatable bonds is 7. The first kappa shape index (κ1) is 27.4. The highest BCUT2D eigenvalue weighted by Gasteiger charge is 2.68. The molecule has 1 saturated carbocycles. The maximum absolute atomic E-state index is 13.2. The van der Waals surface area contributed by atoms with Crippen LogP contribution in [0, 0.1) is 5.92 Å². The summed E-state index contributed by atoms with van der Waals surface area (Å²) in [7, 11) is 2.85. The Morgan fingerprint density at radius 3 is 2.43 bits per heavy atom. The molecule has 13 nitrogen and oxygen atoms in total. The largest absolute Gasteiger partial charge is 0.497 e. The predicted octanol–water partition coefficient (Wildman–Crippen LogP) is -1.58. The van der Waals surface area contributed by atoms with E-state index in [1.54, 1.807) is 0 Å². The Morgan fingerprint density at radius 1 is 1.08 bits per heavy atom. The molecule has 0 bridgehead atoms. The summed E-state index contributed by atoms with van der Waals surface area (Å²) < 4.78 is 32.6. The van der Waals surface area contributed by atoms with Crippen LogP contribution in [0.2, 0.25) is 0 Å². The molecule has 6 N–H and O–H groups in total. The second-order valence-corrected chi connectivity index (χ2v) is 9.47. The number of esters is 1.